The molecule has 0 bridgehead atoms. The van der Waals surface area contributed by atoms with Crippen molar-refractivity contribution in [2.45, 2.75) is 116 Å². The first-order valence-corrected chi connectivity index (χ1v) is 19.0. The Morgan fingerprint density at radius 1 is 0.944 bits per heavy atom. The quantitative estimate of drug-likeness (QED) is 0.146. The number of benzene rings is 1. The van der Waals surface area contributed by atoms with Gasteiger partial charge in [-0.3, -0.25) is 9.59 Å². The number of carbonyl (C=O) groups excluding carboxylic acids is 2. The van der Waals surface area contributed by atoms with Gasteiger partial charge in [0, 0.05) is 12.0 Å². The van der Waals surface area contributed by atoms with E-state index in [4.69, 9.17) is 13.6 Å². The molecule has 2 atom stereocenters. The Morgan fingerprint density at radius 3 is 2.03 bits per heavy atom. The van der Waals surface area contributed by atoms with Crippen LogP contribution in [0.5, 0.6) is 0 Å². The molecule has 1 aromatic rings. The molecular formula is C29H50O5Si2. The van der Waals surface area contributed by atoms with Crippen LogP contribution in [-0.4, -0.2) is 47.7 Å². The van der Waals surface area contributed by atoms with E-state index in [0.717, 1.165) is 11.8 Å². The minimum atomic E-state index is -2.15. The maximum absolute atomic E-state index is 12.0. The van der Waals surface area contributed by atoms with E-state index in [1.807, 2.05) is 31.2 Å². The lowest BCUT2D eigenvalue weighted by Crippen LogP contribution is -2.51. The molecule has 0 amide bonds. The van der Waals surface area contributed by atoms with Crippen molar-refractivity contribution >= 4 is 35.0 Å². The summed E-state index contributed by atoms with van der Waals surface area (Å²) >= 11 is 0. The highest BCUT2D eigenvalue weighted by molar-refractivity contribution is 6.74. The van der Waals surface area contributed by atoms with E-state index < -0.39 is 16.6 Å². The maximum atomic E-state index is 12.0. The predicted octanol–water partition coefficient (Wildman–Crippen LogP) is 8.03. The van der Waals surface area contributed by atoms with Crippen LogP contribution in [0.2, 0.25) is 36.3 Å². The molecule has 2 unspecified atom stereocenters. The zero-order chi connectivity index (χ0) is 27.8. The van der Waals surface area contributed by atoms with Crippen LogP contribution in [0.1, 0.15) is 83.7 Å². The molecule has 5 nitrogen and oxygen atoms in total. The number of rotatable bonds is 13. The topological polar surface area (TPSA) is 61.8 Å². The van der Waals surface area contributed by atoms with Crippen molar-refractivity contribution in [2.24, 2.45) is 0 Å². The largest absolute Gasteiger partial charge is 0.466 e. The van der Waals surface area contributed by atoms with Crippen molar-refractivity contribution in [3.63, 3.8) is 0 Å². The van der Waals surface area contributed by atoms with Crippen LogP contribution in [0.4, 0.5) is 0 Å². The molecule has 204 valence electrons. The van der Waals surface area contributed by atoms with E-state index in [9.17, 15) is 9.59 Å². The Morgan fingerprint density at radius 2 is 1.50 bits per heavy atom. The molecule has 0 fully saturated rings. The first-order chi connectivity index (χ1) is 16.4. The lowest BCUT2D eigenvalue weighted by molar-refractivity contribution is -0.143. The molecule has 0 spiro atoms. The third-order valence-corrected chi connectivity index (χ3v) is 16.5. The molecule has 36 heavy (non-hydrogen) atoms. The molecule has 0 radical (unpaired) electrons. The molecule has 0 aromatic heterocycles. The summed E-state index contributed by atoms with van der Waals surface area (Å²) in [7, 11) is -4.27. The third-order valence-electron chi connectivity index (χ3n) is 7.56. The Hall–Kier alpha value is -1.55. The van der Waals surface area contributed by atoms with Gasteiger partial charge in [-0.25, -0.2) is 0 Å². The summed E-state index contributed by atoms with van der Waals surface area (Å²) in [5, 5.41) is 0.0684. The summed E-state index contributed by atoms with van der Waals surface area (Å²) in [6.45, 7) is 24.6. The number of carbonyl (C=O) groups is 2. The van der Waals surface area contributed by atoms with Crippen LogP contribution in [0.15, 0.2) is 30.3 Å². The second-order valence-electron chi connectivity index (χ2n) is 12.6. The van der Waals surface area contributed by atoms with E-state index >= 15 is 0 Å². The minimum absolute atomic E-state index is 0.0307. The molecule has 0 aliphatic rings. The van der Waals surface area contributed by atoms with Crippen LogP contribution < -0.4 is 0 Å². The number of hydrogen-bond acceptors (Lipinski definition) is 5. The second-order valence-corrected chi connectivity index (χ2v) is 22.1. The molecule has 0 heterocycles. The fraction of sp³-hybridized carbons (Fsp3) is 0.655. The number of aldehydes is 1. The van der Waals surface area contributed by atoms with Crippen LogP contribution in [0.3, 0.4) is 0 Å². The van der Waals surface area contributed by atoms with Crippen LogP contribution in [0, 0.1) is 0 Å². The van der Waals surface area contributed by atoms with E-state index in [0.29, 0.717) is 31.4 Å². The van der Waals surface area contributed by atoms with Crippen molar-refractivity contribution < 1.29 is 23.2 Å². The Labute approximate surface area is 222 Å². The Balaban J connectivity index is 3.41. The van der Waals surface area contributed by atoms with Gasteiger partial charge >= 0.3 is 5.97 Å². The molecule has 0 N–H and O–H groups in total. The fourth-order valence-electron chi connectivity index (χ4n) is 3.22. The van der Waals surface area contributed by atoms with Gasteiger partial charge in [-0.2, -0.15) is 0 Å². The van der Waals surface area contributed by atoms with Gasteiger partial charge in [-0.1, -0.05) is 71.9 Å². The minimum Gasteiger partial charge on any atom is -0.466 e. The zero-order valence-electron chi connectivity index (χ0n) is 24.6. The Bertz CT molecular complexity index is 878. The number of esters is 1. The summed E-state index contributed by atoms with van der Waals surface area (Å²) < 4.78 is 19.1. The van der Waals surface area contributed by atoms with Gasteiger partial charge in [0.25, 0.3) is 0 Å². The van der Waals surface area contributed by atoms with Gasteiger partial charge in [-0.15, -0.1) is 0 Å². The first-order valence-electron chi connectivity index (χ1n) is 13.2. The van der Waals surface area contributed by atoms with Crippen molar-refractivity contribution in [1.82, 2.24) is 0 Å². The van der Waals surface area contributed by atoms with E-state index in [2.05, 4.69) is 73.8 Å². The lowest BCUT2D eigenvalue weighted by Gasteiger charge is -2.44. The van der Waals surface area contributed by atoms with E-state index in [-0.39, 0.29) is 28.3 Å². The van der Waals surface area contributed by atoms with Crippen molar-refractivity contribution in [1.29, 1.82) is 0 Å². The summed E-state index contributed by atoms with van der Waals surface area (Å²) in [5.41, 5.74) is 1.59. The smallest absolute Gasteiger partial charge is 0.305 e. The number of ether oxygens (including phenoxy) is 1. The normalized spacial score (nSPS) is 15.1. The molecule has 0 aliphatic carbocycles. The SMILES string of the molecule is CCOC(=O)CCCC(O[Si](C)(C)C(C)(C)C)C(/C=C/c1cccc(C=O)c1)O[Si](C)(C)C(C)(C)C. The van der Waals surface area contributed by atoms with Crippen molar-refractivity contribution in [3.05, 3.63) is 41.5 Å². The number of hydrogen-bond donors (Lipinski definition) is 0. The highest BCUT2D eigenvalue weighted by Crippen LogP contribution is 2.41. The fourth-order valence-corrected chi connectivity index (χ4v) is 5.85. The van der Waals surface area contributed by atoms with Crippen LogP contribution in [-0.2, 0) is 18.4 Å². The van der Waals surface area contributed by atoms with Crippen LogP contribution in [0.25, 0.3) is 6.08 Å². The van der Waals surface area contributed by atoms with E-state index in [1.54, 1.807) is 6.07 Å². The molecule has 1 aromatic carbocycles. The zero-order valence-corrected chi connectivity index (χ0v) is 26.6. The average Bonchev–Trinajstić information content (AvgIpc) is 2.74. The van der Waals surface area contributed by atoms with Gasteiger partial charge in [0.2, 0.25) is 0 Å². The molecule has 0 saturated carbocycles. The molecular weight excluding hydrogens is 484 g/mol. The van der Waals surface area contributed by atoms with Gasteiger partial charge in [0.15, 0.2) is 16.6 Å². The molecule has 0 aliphatic heterocycles. The monoisotopic (exact) mass is 534 g/mol. The summed E-state index contributed by atoms with van der Waals surface area (Å²) in [6, 6.07) is 7.54. The maximum Gasteiger partial charge on any atom is 0.305 e. The first kappa shape index (κ1) is 32.5. The molecule has 7 heteroatoms. The van der Waals surface area contributed by atoms with E-state index in [1.165, 1.54) is 0 Å². The summed E-state index contributed by atoms with van der Waals surface area (Å²) in [6.07, 6.45) is 6.24. The van der Waals surface area contributed by atoms with Crippen LogP contribution >= 0.6 is 0 Å². The summed E-state index contributed by atoms with van der Waals surface area (Å²) in [5.74, 6) is -0.174. The highest BCUT2D eigenvalue weighted by atomic mass is 28.4. The summed E-state index contributed by atoms with van der Waals surface area (Å²) in [4.78, 5) is 23.3. The highest BCUT2D eigenvalue weighted by Gasteiger charge is 2.44. The standard InChI is InChI=1S/C29H50O5Si2/c1-12-32-27(31)18-14-17-25(33-35(8,9)28(2,3)4)26(34-36(10,11)29(5,6)7)20-19-23-15-13-16-24(21-23)22-30/h13,15-16,19-22,25-26H,12,14,17-18H2,1-11H3/b20-19+. The molecule has 0 saturated heterocycles. The second kappa shape index (κ2) is 13.3. The van der Waals surface area contributed by atoms with Crippen molar-refractivity contribution in [2.75, 3.05) is 6.61 Å². The Kier molecular flexibility index (Phi) is 12.0. The molecule has 1 rings (SSSR count). The van der Waals surface area contributed by atoms with Crippen molar-refractivity contribution in [3.8, 4) is 0 Å². The average molecular weight is 535 g/mol. The van der Waals surface area contributed by atoms with Gasteiger partial charge in [0.05, 0.1) is 18.8 Å². The third kappa shape index (κ3) is 10.1. The van der Waals surface area contributed by atoms with Gasteiger partial charge < -0.3 is 13.6 Å². The van der Waals surface area contributed by atoms with Gasteiger partial charge in [0.1, 0.15) is 6.29 Å². The van der Waals surface area contributed by atoms with Gasteiger partial charge in [-0.05, 0) is 67.7 Å². The lowest BCUT2D eigenvalue weighted by atomic mass is 10.0. The predicted molar refractivity (Wildman–Crippen MR) is 155 cm³/mol.